The van der Waals surface area contributed by atoms with Gasteiger partial charge in [0.25, 0.3) is 0 Å². The van der Waals surface area contributed by atoms with Gasteiger partial charge >= 0.3 is 0 Å². The number of ether oxygens (including phenoxy) is 1. The molecule has 3 aliphatic rings. The van der Waals surface area contributed by atoms with Crippen LogP contribution in [0.1, 0.15) is 75.5 Å². The average molecular weight is 561 g/mol. The third kappa shape index (κ3) is 6.92. The third-order valence-corrected chi connectivity index (χ3v) is 9.09. The Balaban J connectivity index is 1.39. The van der Waals surface area contributed by atoms with Crippen molar-refractivity contribution in [3.8, 4) is 5.75 Å². The molecule has 2 aromatic carbocycles. The van der Waals surface area contributed by atoms with Crippen molar-refractivity contribution in [2.75, 3.05) is 13.6 Å². The van der Waals surface area contributed by atoms with E-state index in [0.717, 1.165) is 56.9 Å². The van der Waals surface area contributed by atoms with Gasteiger partial charge in [-0.1, -0.05) is 61.7 Å². The van der Waals surface area contributed by atoms with Gasteiger partial charge in [-0.3, -0.25) is 14.4 Å². The first kappa shape index (κ1) is 29.1. The van der Waals surface area contributed by atoms with Gasteiger partial charge in [0.1, 0.15) is 23.9 Å². The maximum atomic E-state index is 14.3. The fourth-order valence-corrected chi connectivity index (χ4v) is 6.67. The second-order valence-electron chi connectivity index (χ2n) is 11.8. The monoisotopic (exact) mass is 560 g/mol. The van der Waals surface area contributed by atoms with Crippen molar-refractivity contribution < 1.29 is 19.1 Å². The van der Waals surface area contributed by atoms with Crippen LogP contribution in [0, 0.1) is 5.92 Å². The second-order valence-corrected chi connectivity index (χ2v) is 11.8. The van der Waals surface area contributed by atoms with Gasteiger partial charge in [0.15, 0.2) is 0 Å². The van der Waals surface area contributed by atoms with Crippen LogP contribution in [0.15, 0.2) is 54.6 Å². The van der Waals surface area contributed by atoms with Gasteiger partial charge in [0, 0.05) is 6.42 Å². The normalized spacial score (nSPS) is 24.1. The molecule has 2 fully saturated rings. The fraction of sp³-hybridized carbons (Fsp3) is 0.545. The summed E-state index contributed by atoms with van der Waals surface area (Å²) in [4.78, 5) is 43.0. The van der Waals surface area contributed by atoms with E-state index in [4.69, 9.17) is 4.74 Å². The predicted molar refractivity (Wildman–Crippen MR) is 158 cm³/mol. The molecule has 1 heterocycles. The number of nitrogens with zero attached hydrogens (tertiary/aromatic N) is 1. The van der Waals surface area contributed by atoms with Crippen LogP contribution in [0.4, 0.5) is 0 Å². The number of amides is 3. The summed E-state index contributed by atoms with van der Waals surface area (Å²) in [6, 6.07) is 16.0. The van der Waals surface area contributed by atoms with Gasteiger partial charge in [-0.05, 0) is 75.3 Å². The SMILES string of the molecule is CNC(C)C(=O)N[C@H](C(=O)N1C[C@@H](Oc2ccccc2)C[C@H]1C(=O)NC1CCCc2ccccc21)C1CCCCC1. The number of carbonyl (C=O) groups excluding carboxylic acids is 3. The van der Waals surface area contributed by atoms with Crippen molar-refractivity contribution in [2.24, 2.45) is 5.92 Å². The Morgan fingerprint density at radius 2 is 1.66 bits per heavy atom. The highest BCUT2D eigenvalue weighted by atomic mass is 16.5. The van der Waals surface area contributed by atoms with Crippen LogP contribution in [0.25, 0.3) is 0 Å². The summed E-state index contributed by atoms with van der Waals surface area (Å²) in [5, 5.41) is 9.33. The van der Waals surface area contributed by atoms with Crippen LogP contribution in [-0.4, -0.2) is 60.4 Å². The molecule has 3 N–H and O–H groups in total. The summed E-state index contributed by atoms with van der Waals surface area (Å²) >= 11 is 0. The van der Waals surface area contributed by atoms with E-state index in [9.17, 15) is 14.4 Å². The summed E-state index contributed by atoms with van der Waals surface area (Å²) in [6.45, 7) is 2.09. The predicted octanol–water partition coefficient (Wildman–Crippen LogP) is 3.90. The van der Waals surface area contributed by atoms with E-state index in [0.29, 0.717) is 18.7 Å². The molecule has 1 aliphatic heterocycles. The molecule has 0 spiro atoms. The van der Waals surface area contributed by atoms with E-state index in [2.05, 4.69) is 28.1 Å². The molecule has 2 aromatic rings. The molecule has 41 heavy (non-hydrogen) atoms. The molecule has 8 nitrogen and oxygen atoms in total. The molecule has 1 saturated carbocycles. The lowest BCUT2D eigenvalue weighted by atomic mass is 9.83. The number of fused-ring (bicyclic) bond motifs is 1. The van der Waals surface area contributed by atoms with Crippen molar-refractivity contribution in [3.63, 3.8) is 0 Å². The van der Waals surface area contributed by atoms with Crippen molar-refractivity contribution in [3.05, 3.63) is 65.7 Å². The highest BCUT2D eigenvalue weighted by Gasteiger charge is 2.45. The molecule has 0 aromatic heterocycles. The van der Waals surface area contributed by atoms with Crippen LogP contribution < -0.4 is 20.7 Å². The number of benzene rings is 2. The lowest BCUT2D eigenvalue weighted by Crippen LogP contribution is -2.58. The largest absolute Gasteiger partial charge is 0.488 e. The zero-order valence-corrected chi connectivity index (χ0v) is 24.3. The molecule has 0 bridgehead atoms. The third-order valence-electron chi connectivity index (χ3n) is 9.09. The number of aryl methyl sites for hydroxylation is 1. The summed E-state index contributed by atoms with van der Waals surface area (Å²) in [5.41, 5.74) is 2.43. The van der Waals surface area contributed by atoms with Crippen molar-refractivity contribution in [1.29, 1.82) is 0 Å². The molecule has 8 heteroatoms. The van der Waals surface area contributed by atoms with Gasteiger partial charge in [0.2, 0.25) is 17.7 Å². The molecule has 3 amide bonds. The quantitative estimate of drug-likeness (QED) is 0.432. The molecule has 5 rings (SSSR count). The number of hydrogen-bond donors (Lipinski definition) is 3. The van der Waals surface area contributed by atoms with E-state index in [-0.39, 0.29) is 35.8 Å². The van der Waals surface area contributed by atoms with Gasteiger partial charge < -0.3 is 25.6 Å². The van der Waals surface area contributed by atoms with Crippen molar-refractivity contribution >= 4 is 17.7 Å². The number of rotatable bonds is 9. The van der Waals surface area contributed by atoms with E-state index < -0.39 is 18.1 Å². The van der Waals surface area contributed by atoms with Gasteiger partial charge in [0.05, 0.1) is 18.6 Å². The molecular weight excluding hydrogens is 516 g/mol. The Hall–Kier alpha value is -3.39. The molecule has 2 aliphatic carbocycles. The number of para-hydroxylation sites is 1. The van der Waals surface area contributed by atoms with E-state index in [1.165, 1.54) is 5.56 Å². The fourth-order valence-electron chi connectivity index (χ4n) is 6.67. The Morgan fingerprint density at radius 3 is 2.41 bits per heavy atom. The topological polar surface area (TPSA) is 99.8 Å². The Bertz CT molecular complexity index is 1200. The molecule has 2 unspecified atom stereocenters. The highest BCUT2D eigenvalue weighted by molar-refractivity contribution is 5.94. The first-order valence-electron chi connectivity index (χ1n) is 15.3. The minimum atomic E-state index is -0.671. The standard InChI is InChI=1S/C33H44N4O4/c1-22(34-2)31(38)36-30(24-13-5-3-6-14-24)33(40)37-21-26(41-25-16-7-4-8-17-25)20-29(37)32(39)35-28-19-11-15-23-12-9-10-18-27(23)28/h4,7-10,12,16-18,22,24,26,28-30,34H,3,5-6,11,13-15,19-21H2,1-2H3,(H,35,39)(H,36,38)/t22?,26-,28?,29-,30-/m0/s1. The summed E-state index contributed by atoms with van der Waals surface area (Å²) in [7, 11) is 1.73. The molecule has 220 valence electrons. The number of hydrogen-bond acceptors (Lipinski definition) is 5. The lowest BCUT2D eigenvalue weighted by molar-refractivity contribution is -0.143. The first-order valence-corrected chi connectivity index (χ1v) is 15.3. The second kappa shape index (κ2) is 13.5. The summed E-state index contributed by atoms with van der Waals surface area (Å²) in [6.07, 6.45) is 7.96. The minimum absolute atomic E-state index is 0.0484. The minimum Gasteiger partial charge on any atom is -0.488 e. The Morgan fingerprint density at radius 1 is 0.927 bits per heavy atom. The number of likely N-dealkylation sites (N-methyl/N-ethyl adjacent to an activating group) is 1. The van der Waals surface area contributed by atoms with Crippen LogP contribution in [-0.2, 0) is 20.8 Å². The maximum absolute atomic E-state index is 14.3. The zero-order chi connectivity index (χ0) is 28.8. The van der Waals surface area contributed by atoms with Crippen molar-refractivity contribution in [1.82, 2.24) is 20.9 Å². The smallest absolute Gasteiger partial charge is 0.246 e. The van der Waals surface area contributed by atoms with Crippen LogP contribution in [0.5, 0.6) is 5.75 Å². The highest BCUT2D eigenvalue weighted by Crippen LogP contribution is 2.33. The van der Waals surface area contributed by atoms with E-state index in [1.54, 1.807) is 18.9 Å². The average Bonchev–Trinajstić information content (AvgIpc) is 3.44. The molecule has 5 atom stereocenters. The zero-order valence-electron chi connectivity index (χ0n) is 24.3. The lowest BCUT2D eigenvalue weighted by Gasteiger charge is -2.35. The van der Waals surface area contributed by atoms with Gasteiger partial charge in [-0.2, -0.15) is 0 Å². The van der Waals surface area contributed by atoms with E-state index >= 15 is 0 Å². The van der Waals surface area contributed by atoms with Crippen LogP contribution in [0.3, 0.4) is 0 Å². The summed E-state index contributed by atoms with van der Waals surface area (Å²) < 4.78 is 6.27. The molecular formula is C33H44N4O4. The number of nitrogens with one attached hydrogen (secondary N) is 3. The Labute approximate surface area is 243 Å². The van der Waals surface area contributed by atoms with Crippen LogP contribution >= 0.6 is 0 Å². The van der Waals surface area contributed by atoms with E-state index in [1.807, 2.05) is 42.5 Å². The van der Waals surface area contributed by atoms with Gasteiger partial charge in [-0.25, -0.2) is 0 Å². The number of carbonyl (C=O) groups is 3. The van der Waals surface area contributed by atoms with Crippen molar-refractivity contribution in [2.45, 2.75) is 95.0 Å². The number of likely N-dealkylation sites (tertiary alicyclic amines) is 1. The maximum Gasteiger partial charge on any atom is 0.246 e. The molecule has 1 saturated heterocycles. The first-order chi connectivity index (χ1) is 19.9. The molecule has 0 radical (unpaired) electrons. The Kier molecular flexibility index (Phi) is 9.60. The van der Waals surface area contributed by atoms with Gasteiger partial charge in [-0.15, -0.1) is 0 Å². The summed E-state index contributed by atoms with van der Waals surface area (Å²) in [5.74, 6) is 0.223. The van der Waals surface area contributed by atoms with Crippen LogP contribution in [0.2, 0.25) is 0 Å².